The molecule has 12 heteroatoms. The number of hydrogen-bond acceptors (Lipinski definition) is 9. The van der Waals surface area contributed by atoms with Crippen LogP contribution < -0.4 is 20.7 Å². The van der Waals surface area contributed by atoms with Gasteiger partial charge in [0.25, 0.3) is 11.8 Å². The summed E-state index contributed by atoms with van der Waals surface area (Å²) < 4.78 is 6.93. The average molecular weight is 423 g/mol. The van der Waals surface area contributed by atoms with E-state index in [0.29, 0.717) is 18.2 Å². The molecule has 4 rings (SSSR count). The van der Waals surface area contributed by atoms with Crippen LogP contribution in [0, 0.1) is 0 Å². The lowest BCUT2D eigenvalue weighted by atomic mass is 10.3. The van der Waals surface area contributed by atoms with Crippen LogP contribution in [0.4, 0.5) is 22.0 Å². The van der Waals surface area contributed by atoms with E-state index in [1.807, 2.05) is 6.92 Å². The van der Waals surface area contributed by atoms with Gasteiger partial charge in [-0.1, -0.05) is 0 Å². The predicted molar refractivity (Wildman–Crippen MR) is 110 cm³/mol. The van der Waals surface area contributed by atoms with Crippen molar-refractivity contribution < 1.29 is 14.3 Å². The van der Waals surface area contributed by atoms with Crippen molar-refractivity contribution in [2.24, 2.45) is 0 Å². The lowest BCUT2D eigenvalue weighted by molar-refractivity contribution is 0.0953. The van der Waals surface area contributed by atoms with E-state index in [-0.39, 0.29) is 29.0 Å². The van der Waals surface area contributed by atoms with Crippen LogP contribution in [0.3, 0.4) is 0 Å². The van der Waals surface area contributed by atoms with Crippen molar-refractivity contribution in [1.82, 2.24) is 35.0 Å². The number of rotatable bonds is 7. The van der Waals surface area contributed by atoms with Gasteiger partial charge in [0.05, 0.1) is 41.9 Å². The minimum atomic E-state index is -0.824. The number of nitrogens with one attached hydrogen (secondary N) is 3. The molecule has 0 spiro atoms. The van der Waals surface area contributed by atoms with Gasteiger partial charge < -0.3 is 15.4 Å². The lowest BCUT2D eigenvalue weighted by Crippen LogP contribution is -2.25. The molecule has 3 aromatic heterocycles. The fourth-order valence-electron chi connectivity index (χ4n) is 2.92. The fraction of sp³-hybridized carbons (Fsp3) is 0.316. The van der Waals surface area contributed by atoms with Crippen molar-refractivity contribution in [3.8, 4) is 5.88 Å². The molecule has 3 N–H and O–H groups in total. The van der Waals surface area contributed by atoms with E-state index in [4.69, 9.17) is 4.74 Å². The Balaban J connectivity index is 1.56. The van der Waals surface area contributed by atoms with Crippen LogP contribution in [0.5, 0.6) is 5.88 Å². The highest BCUT2D eigenvalue weighted by Crippen LogP contribution is 2.40. The highest BCUT2D eigenvalue weighted by atomic mass is 16.6. The lowest BCUT2D eigenvalue weighted by Gasteiger charge is -2.12. The van der Waals surface area contributed by atoms with E-state index in [2.05, 4.69) is 41.0 Å². The fourth-order valence-corrected chi connectivity index (χ4v) is 2.92. The third-order valence-corrected chi connectivity index (χ3v) is 4.59. The van der Waals surface area contributed by atoms with Crippen LogP contribution in [-0.4, -0.2) is 48.8 Å². The molecule has 1 aliphatic rings. The van der Waals surface area contributed by atoms with Crippen LogP contribution in [0.2, 0.25) is 0 Å². The molecule has 1 aliphatic carbocycles. The highest BCUT2D eigenvalue weighted by molar-refractivity contribution is 6.01. The highest BCUT2D eigenvalue weighted by Gasteiger charge is 2.27. The second-order valence-electron chi connectivity index (χ2n) is 6.79. The topological polar surface area (TPSA) is 149 Å². The van der Waals surface area contributed by atoms with E-state index in [0.717, 1.165) is 18.5 Å². The second kappa shape index (κ2) is 8.73. The summed E-state index contributed by atoms with van der Waals surface area (Å²) in [4.78, 5) is 41.5. The first-order chi connectivity index (χ1) is 15.1. The summed E-state index contributed by atoms with van der Waals surface area (Å²) in [5, 5.41) is 12.2. The summed E-state index contributed by atoms with van der Waals surface area (Å²) in [6, 6.07) is 0. The summed E-state index contributed by atoms with van der Waals surface area (Å²) in [6.45, 7) is 2.30. The van der Waals surface area contributed by atoms with Gasteiger partial charge in [0, 0.05) is 19.5 Å². The van der Waals surface area contributed by atoms with Gasteiger partial charge in [0.2, 0.25) is 0 Å². The first kappa shape index (κ1) is 20.2. The number of amides is 2. The van der Waals surface area contributed by atoms with E-state index in [1.54, 1.807) is 18.6 Å². The molecule has 0 saturated heterocycles. The number of nitrogens with zero attached hydrogens (tertiary/aromatic N) is 6. The van der Waals surface area contributed by atoms with Crippen molar-refractivity contribution in [2.75, 3.05) is 17.7 Å². The molecule has 12 nitrogen and oxygen atoms in total. The molecule has 0 radical (unpaired) electrons. The summed E-state index contributed by atoms with van der Waals surface area (Å²) in [6.07, 6.45) is 8.78. The van der Waals surface area contributed by atoms with Crippen LogP contribution in [0.15, 0.2) is 31.1 Å². The third kappa shape index (κ3) is 4.57. The first-order valence-electron chi connectivity index (χ1n) is 9.74. The smallest absolute Gasteiger partial charge is 0.387 e. The Kier molecular flexibility index (Phi) is 5.69. The number of anilines is 3. The maximum absolute atomic E-state index is 12.6. The number of carbonyl (C=O) groups is 2. The second-order valence-corrected chi connectivity index (χ2v) is 6.79. The number of aryl methyl sites for hydroxylation is 1. The SMILES string of the molecule is CCn1ncc(NC(=O)Oc2nc(C3CC3)cnc2Nc2cncnc2)c1C(=O)NC. The number of aromatic nitrogens is 6. The summed E-state index contributed by atoms with van der Waals surface area (Å²) in [5.41, 5.74) is 1.76. The van der Waals surface area contributed by atoms with Gasteiger partial charge in [0.1, 0.15) is 12.0 Å². The van der Waals surface area contributed by atoms with Gasteiger partial charge in [-0.2, -0.15) is 5.10 Å². The van der Waals surface area contributed by atoms with Crippen molar-refractivity contribution >= 4 is 29.2 Å². The van der Waals surface area contributed by atoms with Crippen LogP contribution in [0.1, 0.15) is 41.9 Å². The molecular weight excluding hydrogens is 402 g/mol. The molecule has 160 valence electrons. The van der Waals surface area contributed by atoms with Crippen LogP contribution in [-0.2, 0) is 6.54 Å². The van der Waals surface area contributed by atoms with Gasteiger partial charge in [-0.25, -0.2) is 24.7 Å². The van der Waals surface area contributed by atoms with Crippen LogP contribution >= 0.6 is 0 Å². The maximum Gasteiger partial charge on any atom is 0.418 e. The predicted octanol–water partition coefficient (Wildman–Crippen LogP) is 2.07. The van der Waals surface area contributed by atoms with Crippen molar-refractivity contribution in [3.05, 3.63) is 42.5 Å². The largest absolute Gasteiger partial charge is 0.418 e. The normalized spacial score (nSPS) is 12.8. The summed E-state index contributed by atoms with van der Waals surface area (Å²) in [7, 11) is 1.50. The monoisotopic (exact) mass is 423 g/mol. The van der Waals surface area contributed by atoms with Crippen molar-refractivity contribution in [1.29, 1.82) is 0 Å². The standard InChI is InChI=1S/C19H21N9O3/c1-3-28-15(17(29)20-2)14(9-24-28)27-19(30)31-18-16(25-12-6-21-10-22-7-12)23-8-13(26-18)11-4-5-11/h6-11H,3-5H2,1-2H3,(H,20,29)(H,23,25)(H,27,30). The molecule has 0 bridgehead atoms. The molecule has 3 aromatic rings. The minimum absolute atomic E-state index is 0.00938. The number of ether oxygens (including phenoxy) is 1. The van der Waals surface area contributed by atoms with E-state index < -0.39 is 6.09 Å². The molecule has 0 aliphatic heterocycles. The quantitative estimate of drug-likeness (QED) is 0.519. The molecule has 2 amide bonds. The average Bonchev–Trinajstić information content (AvgIpc) is 3.56. The van der Waals surface area contributed by atoms with Gasteiger partial charge in [-0.3, -0.25) is 14.8 Å². The molecule has 0 unspecified atom stereocenters. The Morgan fingerprint density at radius 3 is 2.65 bits per heavy atom. The third-order valence-electron chi connectivity index (χ3n) is 4.59. The minimum Gasteiger partial charge on any atom is -0.387 e. The summed E-state index contributed by atoms with van der Waals surface area (Å²) >= 11 is 0. The zero-order valence-electron chi connectivity index (χ0n) is 17.0. The molecule has 1 saturated carbocycles. The Morgan fingerprint density at radius 1 is 1.19 bits per heavy atom. The van der Waals surface area contributed by atoms with Crippen molar-refractivity contribution in [2.45, 2.75) is 32.2 Å². The Hall–Kier alpha value is -4.09. The number of carbonyl (C=O) groups excluding carboxylic acids is 2. The molecule has 0 aromatic carbocycles. The number of hydrogen-bond donors (Lipinski definition) is 3. The molecule has 3 heterocycles. The molecule has 31 heavy (non-hydrogen) atoms. The van der Waals surface area contributed by atoms with E-state index in [1.165, 1.54) is 24.3 Å². The Labute approximate surface area is 177 Å². The Morgan fingerprint density at radius 2 is 1.97 bits per heavy atom. The van der Waals surface area contributed by atoms with Gasteiger partial charge in [-0.05, 0) is 19.8 Å². The zero-order chi connectivity index (χ0) is 21.8. The van der Waals surface area contributed by atoms with E-state index in [9.17, 15) is 9.59 Å². The van der Waals surface area contributed by atoms with Gasteiger partial charge in [0.15, 0.2) is 5.82 Å². The molecule has 1 fully saturated rings. The summed E-state index contributed by atoms with van der Waals surface area (Å²) in [5.74, 6) is 0.187. The van der Waals surface area contributed by atoms with Crippen LogP contribution in [0.25, 0.3) is 0 Å². The maximum atomic E-state index is 12.6. The Bertz CT molecular complexity index is 1100. The molecular formula is C19H21N9O3. The van der Waals surface area contributed by atoms with Gasteiger partial charge >= 0.3 is 6.09 Å². The zero-order valence-corrected chi connectivity index (χ0v) is 17.0. The molecule has 0 atom stereocenters. The van der Waals surface area contributed by atoms with Gasteiger partial charge in [-0.15, -0.1) is 0 Å². The first-order valence-corrected chi connectivity index (χ1v) is 9.74. The van der Waals surface area contributed by atoms with Crippen molar-refractivity contribution in [3.63, 3.8) is 0 Å². The van der Waals surface area contributed by atoms with E-state index >= 15 is 0 Å².